The topological polar surface area (TPSA) is 78.4 Å². The molecule has 108 valence electrons. The standard InChI is InChI=1S/C12H11Cl2FN2O3/c13-7-4-6(5-8(14)9(7)15)16-11(20)17-12(10(18)19)2-1-3-12/h4-5H,1-3H2,(H,18,19)(H2,16,17,20). The molecule has 3 N–H and O–H groups in total. The van der Waals surface area contributed by atoms with Crippen LogP contribution in [0.15, 0.2) is 12.1 Å². The lowest BCUT2D eigenvalue weighted by Gasteiger charge is -2.38. The molecule has 1 aromatic rings. The number of rotatable bonds is 3. The Morgan fingerprint density at radius 2 is 1.80 bits per heavy atom. The van der Waals surface area contributed by atoms with Crippen molar-refractivity contribution in [3.8, 4) is 0 Å². The highest BCUT2D eigenvalue weighted by molar-refractivity contribution is 6.35. The van der Waals surface area contributed by atoms with Crippen LogP contribution in [-0.2, 0) is 4.79 Å². The van der Waals surface area contributed by atoms with Gasteiger partial charge in [-0.3, -0.25) is 0 Å². The van der Waals surface area contributed by atoms with Gasteiger partial charge in [-0.05, 0) is 31.4 Å². The number of carbonyl (C=O) groups excluding carboxylic acids is 1. The first-order chi connectivity index (χ1) is 9.34. The van der Waals surface area contributed by atoms with Crippen LogP contribution in [0.3, 0.4) is 0 Å². The summed E-state index contributed by atoms with van der Waals surface area (Å²) in [6, 6.07) is 1.68. The molecule has 0 saturated heterocycles. The first kappa shape index (κ1) is 14.9. The molecule has 0 unspecified atom stereocenters. The maximum atomic E-state index is 13.2. The van der Waals surface area contributed by atoms with Crippen LogP contribution in [0.25, 0.3) is 0 Å². The first-order valence-corrected chi connectivity index (χ1v) is 6.57. The molecule has 1 aromatic carbocycles. The molecule has 5 nitrogen and oxygen atoms in total. The number of carbonyl (C=O) groups is 2. The van der Waals surface area contributed by atoms with Gasteiger partial charge in [-0.15, -0.1) is 0 Å². The van der Waals surface area contributed by atoms with Crippen LogP contribution in [0.5, 0.6) is 0 Å². The minimum Gasteiger partial charge on any atom is -0.480 e. The molecule has 0 aliphatic heterocycles. The van der Waals surface area contributed by atoms with Crippen LogP contribution < -0.4 is 10.6 Å². The van der Waals surface area contributed by atoms with Gasteiger partial charge < -0.3 is 15.7 Å². The van der Waals surface area contributed by atoms with Crippen molar-refractivity contribution in [2.75, 3.05) is 5.32 Å². The van der Waals surface area contributed by atoms with E-state index in [0.29, 0.717) is 12.8 Å². The van der Waals surface area contributed by atoms with E-state index in [2.05, 4.69) is 10.6 Å². The second-order valence-electron chi connectivity index (χ2n) is 4.57. The SMILES string of the molecule is O=C(Nc1cc(Cl)c(F)c(Cl)c1)NC1(C(=O)O)CCC1. The number of benzene rings is 1. The lowest BCUT2D eigenvalue weighted by molar-refractivity contribution is -0.148. The third-order valence-corrected chi connectivity index (χ3v) is 3.76. The summed E-state index contributed by atoms with van der Waals surface area (Å²) in [4.78, 5) is 22.9. The molecule has 0 bridgehead atoms. The van der Waals surface area contributed by atoms with E-state index in [1.54, 1.807) is 0 Å². The van der Waals surface area contributed by atoms with Crippen molar-refractivity contribution in [1.29, 1.82) is 0 Å². The summed E-state index contributed by atoms with van der Waals surface area (Å²) >= 11 is 11.2. The van der Waals surface area contributed by atoms with Gasteiger partial charge in [0.2, 0.25) is 0 Å². The van der Waals surface area contributed by atoms with E-state index in [9.17, 15) is 14.0 Å². The Hall–Kier alpha value is -1.53. The number of carboxylic acids is 1. The summed E-state index contributed by atoms with van der Waals surface area (Å²) in [6.07, 6.45) is 1.49. The Morgan fingerprint density at radius 3 is 2.20 bits per heavy atom. The van der Waals surface area contributed by atoms with Gasteiger partial charge in [-0.1, -0.05) is 23.2 Å². The van der Waals surface area contributed by atoms with Gasteiger partial charge in [0.05, 0.1) is 10.0 Å². The lowest BCUT2D eigenvalue weighted by Crippen LogP contribution is -2.60. The second kappa shape index (κ2) is 5.46. The largest absolute Gasteiger partial charge is 0.480 e. The molecule has 0 aromatic heterocycles. The van der Waals surface area contributed by atoms with E-state index >= 15 is 0 Å². The van der Waals surface area contributed by atoms with Crippen molar-refractivity contribution in [2.45, 2.75) is 24.8 Å². The van der Waals surface area contributed by atoms with Crippen molar-refractivity contribution < 1.29 is 19.1 Å². The summed E-state index contributed by atoms with van der Waals surface area (Å²) in [5.41, 5.74) is -1.05. The molecule has 0 radical (unpaired) electrons. The van der Waals surface area contributed by atoms with Crippen LogP contribution in [0, 0.1) is 5.82 Å². The predicted octanol–water partition coefficient (Wildman–Crippen LogP) is 3.26. The molecule has 8 heteroatoms. The highest BCUT2D eigenvalue weighted by Crippen LogP contribution is 2.32. The zero-order valence-electron chi connectivity index (χ0n) is 10.2. The zero-order chi connectivity index (χ0) is 14.9. The Bertz CT molecular complexity index is 553. The Morgan fingerprint density at radius 1 is 1.25 bits per heavy atom. The number of amides is 2. The molecular weight excluding hydrogens is 310 g/mol. The minimum absolute atomic E-state index is 0.179. The summed E-state index contributed by atoms with van der Waals surface area (Å²) in [5, 5.41) is 13.4. The molecule has 0 heterocycles. The minimum atomic E-state index is -1.22. The van der Waals surface area contributed by atoms with Crippen LogP contribution in [0.2, 0.25) is 10.0 Å². The first-order valence-electron chi connectivity index (χ1n) is 5.81. The molecule has 2 amide bonds. The number of hydrogen-bond donors (Lipinski definition) is 3. The Kier molecular flexibility index (Phi) is 4.06. The summed E-state index contributed by atoms with van der Waals surface area (Å²) < 4.78 is 13.2. The van der Waals surface area contributed by atoms with Crippen LogP contribution in [0.4, 0.5) is 14.9 Å². The summed E-state index contributed by atoms with van der Waals surface area (Å²) in [6.45, 7) is 0. The van der Waals surface area contributed by atoms with Gasteiger partial charge in [0.25, 0.3) is 0 Å². The molecule has 1 aliphatic carbocycles. The Labute approximate surface area is 124 Å². The smallest absolute Gasteiger partial charge is 0.329 e. The number of hydrogen-bond acceptors (Lipinski definition) is 2. The van der Waals surface area contributed by atoms with Gasteiger partial charge in [0, 0.05) is 5.69 Å². The van der Waals surface area contributed by atoms with E-state index < -0.39 is 23.4 Å². The Balaban J connectivity index is 2.07. The number of carboxylic acid groups (broad SMARTS) is 1. The van der Waals surface area contributed by atoms with Crippen molar-refractivity contribution in [1.82, 2.24) is 5.32 Å². The fourth-order valence-electron chi connectivity index (χ4n) is 1.93. The molecule has 0 atom stereocenters. The zero-order valence-corrected chi connectivity index (χ0v) is 11.7. The third kappa shape index (κ3) is 2.81. The van der Waals surface area contributed by atoms with Gasteiger partial charge >= 0.3 is 12.0 Å². The number of anilines is 1. The fraction of sp³-hybridized carbons (Fsp3) is 0.333. The van der Waals surface area contributed by atoms with Gasteiger partial charge in [0.15, 0.2) is 5.82 Å². The fourth-order valence-corrected chi connectivity index (χ4v) is 2.42. The molecule has 1 aliphatic rings. The molecule has 1 saturated carbocycles. The van der Waals surface area contributed by atoms with E-state index in [-0.39, 0.29) is 15.7 Å². The molecule has 2 rings (SSSR count). The van der Waals surface area contributed by atoms with Crippen molar-refractivity contribution >= 4 is 40.9 Å². The maximum Gasteiger partial charge on any atom is 0.329 e. The van der Waals surface area contributed by atoms with E-state index in [0.717, 1.165) is 6.42 Å². The van der Waals surface area contributed by atoms with Gasteiger partial charge in [-0.25, -0.2) is 14.0 Å². The van der Waals surface area contributed by atoms with Gasteiger partial charge in [-0.2, -0.15) is 0 Å². The van der Waals surface area contributed by atoms with Crippen molar-refractivity contribution in [2.24, 2.45) is 0 Å². The average Bonchev–Trinajstić information content (AvgIpc) is 2.30. The summed E-state index contributed by atoms with van der Waals surface area (Å²) in [5.74, 6) is -1.85. The van der Waals surface area contributed by atoms with Crippen molar-refractivity contribution in [3.05, 3.63) is 28.0 Å². The monoisotopic (exact) mass is 320 g/mol. The second-order valence-corrected chi connectivity index (χ2v) is 5.39. The van der Waals surface area contributed by atoms with E-state index in [1.165, 1.54) is 12.1 Å². The predicted molar refractivity (Wildman–Crippen MR) is 72.8 cm³/mol. The normalized spacial score (nSPS) is 16.1. The van der Waals surface area contributed by atoms with Crippen LogP contribution in [0.1, 0.15) is 19.3 Å². The number of nitrogens with one attached hydrogen (secondary N) is 2. The van der Waals surface area contributed by atoms with E-state index in [4.69, 9.17) is 28.3 Å². The van der Waals surface area contributed by atoms with E-state index in [1.807, 2.05) is 0 Å². The molecule has 0 spiro atoms. The quantitative estimate of drug-likeness (QED) is 0.748. The van der Waals surface area contributed by atoms with Crippen LogP contribution in [-0.4, -0.2) is 22.6 Å². The highest BCUT2D eigenvalue weighted by atomic mass is 35.5. The van der Waals surface area contributed by atoms with Crippen molar-refractivity contribution in [3.63, 3.8) is 0 Å². The third-order valence-electron chi connectivity index (χ3n) is 3.21. The average molecular weight is 321 g/mol. The van der Waals surface area contributed by atoms with Gasteiger partial charge in [0.1, 0.15) is 5.54 Å². The highest BCUT2D eigenvalue weighted by Gasteiger charge is 2.45. The number of halogens is 3. The molecule has 20 heavy (non-hydrogen) atoms. The number of aliphatic carboxylic acids is 1. The maximum absolute atomic E-state index is 13.2. The number of urea groups is 1. The molecule has 1 fully saturated rings. The summed E-state index contributed by atoms with van der Waals surface area (Å²) in [7, 11) is 0. The lowest BCUT2D eigenvalue weighted by atomic mass is 9.77. The molecular formula is C12H11Cl2FN2O3. The van der Waals surface area contributed by atoms with Crippen LogP contribution >= 0.6 is 23.2 Å².